The summed E-state index contributed by atoms with van der Waals surface area (Å²) in [5, 5.41) is 1.88. The van der Waals surface area contributed by atoms with E-state index in [9.17, 15) is 14.4 Å². The fraction of sp³-hybridized carbons (Fsp3) is 0.250. The highest BCUT2D eigenvalue weighted by molar-refractivity contribution is 9.09. The van der Waals surface area contributed by atoms with Gasteiger partial charge >= 0.3 is 0 Å². The van der Waals surface area contributed by atoms with E-state index in [1.165, 1.54) is 0 Å². The number of imide groups is 1. The summed E-state index contributed by atoms with van der Waals surface area (Å²) in [6, 6.07) is 7.09. The lowest BCUT2D eigenvalue weighted by Crippen LogP contribution is -2.25. The number of benzene rings is 1. The molecule has 1 atom stereocenters. The van der Waals surface area contributed by atoms with Crippen LogP contribution in [0, 0.1) is 0 Å². The number of alkyl halides is 1. The minimum atomic E-state index is -0.366. The Balaban J connectivity index is 2.04. The first-order valence-corrected chi connectivity index (χ1v) is 7.30. The number of thioether (sulfide) groups is 1. The number of ketones is 1. The van der Waals surface area contributed by atoms with Crippen molar-refractivity contribution in [1.82, 2.24) is 5.32 Å². The molecule has 1 N–H and O–H groups in total. The van der Waals surface area contributed by atoms with Gasteiger partial charge in [0.15, 0.2) is 5.78 Å². The molecule has 0 saturated carbocycles. The summed E-state index contributed by atoms with van der Waals surface area (Å²) < 4.78 is 0. The van der Waals surface area contributed by atoms with Gasteiger partial charge < -0.3 is 0 Å². The maximum atomic E-state index is 11.4. The monoisotopic (exact) mass is 327 g/mol. The molecule has 1 aromatic rings. The van der Waals surface area contributed by atoms with E-state index >= 15 is 0 Å². The Bertz CT molecular complexity index is 501. The first-order valence-electron chi connectivity index (χ1n) is 5.29. The number of hydrogen-bond acceptors (Lipinski definition) is 4. The molecule has 94 valence electrons. The topological polar surface area (TPSA) is 63.2 Å². The summed E-state index contributed by atoms with van der Waals surface area (Å²) in [5.41, 5.74) is 1.57. The maximum Gasteiger partial charge on any atom is 0.286 e. The van der Waals surface area contributed by atoms with Gasteiger partial charge in [0.2, 0.25) is 5.91 Å². The number of carbonyl (C=O) groups excluding carboxylic acids is 3. The fourth-order valence-electron chi connectivity index (χ4n) is 1.65. The normalized spacial score (nSPS) is 18.8. The standard InChI is InChI=1S/C12H10BrNO3S/c13-6-9(15)8-3-1-7(2-4-8)5-10-11(16)14-12(17)18-10/h1-4,10H,5-6H2,(H,14,16,17). The number of carbonyl (C=O) groups is 3. The predicted octanol–water partition coefficient (Wildman–Crippen LogP) is 2.16. The molecule has 0 aliphatic carbocycles. The molecule has 0 radical (unpaired) electrons. The third kappa shape index (κ3) is 3.00. The van der Waals surface area contributed by atoms with Crippen LogP contribution in [0.3, 0.4) is 0 Å². The second-order valence-corrected chi connectivity index (χ2v) is 5.58. The molecule has 0 bridgehead atoms. The number of rotatable bonds is 4. The summed E-state index contributed by atoms with van der Waals surface area (Å²) >= 11 is 4.12. The van der Waals surface area contributed by atoms with E-state index in [1.807, 2.05) is 12.1 Å². The molecule has 0 aromatic heterocycles. The average Bonchev–Trinajstić information content (AvgIpc) is 2.68. The van der Waals surface area contributed by atoms with Crippen LogP contribution in [0.1, 0.15) is 15.9 Å². The molecule has 6 heteroatoms. The van der Waals surface area contributed by atoms with Crippen LogP contribution >= 0.6 is 27.7 Å². The van der Waals surface area contributed by atoms with Gasteiger partial charge in [0, 0.05) is 5.56 Å². The molecule has 2 rings (SSSR count). The van der Waals surface area contributed by atoms with Crippen LogP contribution in [0.2, 0.25) is 0 Å². The van der Waals surface area contributed by atoms with Gasteiger partial charge in [-0.25, -0.2) is 0 Å². The molecule has 1 aliphatic rings. The van der Waals surface area contributed by atoms with Crippen LogP contribution < -0.4 is 5.32 Å². The van der Waals surface area contributed by atoms with Gasteiger partial charge in [-0.05, 0) is 12.0 Å². The van der Waals surface area contributed by atoms with Gasteiger partial charge in [0.1, 0.15) is 0 Å². The quantitative estimate of drug-likeness (QED) is 0.680. The lowest BCUT2D eigenvalue weighted by molar-refractivity contribution is -0.118. The zero-order valence-electron chi connectivity index (χ0n) is 9.31. The van der Waals surface area contributed by atoms with Crippen molar-refractivity contribution in [2.75, 3.05) is 5.33 Å². The Labute approximate surface area is 117 Å². The van der Waals surface area contributed by atoms with Crippen molar-refractivity contribution in [3.05, 3.63) is 35.4 Å². The lowest BCUT2D eigenvalue weighted by Gasteiger charge is -2.05. The minimum absolute atomic E-state index is 0.0183. The highest BCUT2D eigenvalue weighted by Crippen LogP contribution is 2.23. The smallest absolute Gasteiger partial charge is 0.286 e. The van der Waals surface area contributed by atoms with Crippen LogP contribution in [0.25, 0.3) is 0 Å². The van der Waals surface area contributed by atoms with E-state index in [0.29, 0.717) is 17.3 Å². The Morgan fingerprint density at radius 1 is 1.28 bits per heavy atom. The van der Waals surface area contributed by atoms with Gasteiger partial charge in [0.05, 0.1) is 10.6 Å². The zero-order chi connectivity index (χ0) is 13.1. The van der Waals surface area contributed by atoms with Gasteiger partial charge in [-0.3, -0.25) is 19.7 Å². The molecule has 4 nitrogen and oxygen atoms in total. The van der Waals surface area contributed by atoms with Crippen LogP contribution in [0.15, 0.2) is 24.3 Å². The Morgan fingerprint density at radius 3 is 2.44 bits per heavy atom. The summed E-state index contributed by atoms with van der Waals surface area (Å²) in [4.78, 5) is 33.8. The predicted molar refractivity (Wildman–Crippen MR) is 73.2 cm³/mol. The van der Waals surface area contributed by atoms with Crippen molar-refractivity contribution in [1.29, 1.82) is 0 Å². The van der Waals surface area contributed by atoms with E-state index < -0.39 is 0 Å². The molecule has 1 aliphatic heterocycles. The minimum Gasteiger partial charge on any atom is -0.293 e. The number of nitrogens with one attached hydrogen (secondary N) is 1. The zero-order valence-corrected chi connectivity index (χ0v) is 11.7. The van der Waals surface area contributed by atoms with E-state index in [1.54, 1.807) is 12.1 Å². The molecular formula is C12H10BrNO3S. The Hall–Kier alpha value is -1.14. The summed E-state index contributed by atoms with van der Waals surface area (Å²) in [7, 11) is 0. The second-order valence-electron chi connectivity index (χ2n) is 3.84. The van der Waals surface area contributed by atoms with Crippen LogP contribution in [-0.4, -0.2) is 27.5 Å². The summed E-state index contributed by atoms with van der Waals surface area (Å²) in [6.07, 6.45) is 0.491. The van der Waals surface area contributed by atoms with Gasteiger partial charge in [-0.15, -0.1) is 0 Å². The van der Waals surface area contributed by atoms with Crippen LogP contribution in [0.5, 0.6) is 0 Å². The van der Waals surface area contributed by atoms with E-state index in [-0.39, 0.29) is 22.2 Å². The highest BCUT2D eigenvalue weighted by atomic mass is 79.9. The molecule has 1 unspecified atom stereocenters. The van der Waals surface area contributed by atoms with E-state index in [2.05, 4.69) is 21.2 Å². The van der Waals surface area contributed by atoms with Crippen molar-refractivity contribution in [2.24, 2.45) is 0 Å². The van der Waals surface area contributed by atoms with Gasteiger partial charge in [-0.1, -0.05) is 52.0 Å². The first-order chi connectivity index (χ1) is 8.60. The highest BCUT2D eigenvalue weighted by Gasteiger charge is 2.31. The number of hydrogen-bond donors (Lipinski definition) is 1. The van der Waals surface area contributed by atoms with E-state index in [4.69, 9.17) is 0 Å². The van der Waals surface area contributed by atoms with Crippen molar-refractivity contribution in [2.45, 2.75) is 11.7 Å². The second kappa shape index (κ2) is 5.67. The third-order valence-electron chi connectivity index (χ3n) is 2.59. The van der Waals surface area contributed by atoms with Crippen LogP contribution in [-0.2, 0) is 11.2 Å². The molecule has 0 spiro atoms. The third-order valence-corrected chi connectivity index (χ3v) is 4.08. The van der Waals surface area contributed by atoms with Crippen LogP contribution in [0.4, 0.5) is 4.79 Å². The first kappa shape index (κ1) is 13.3. The number of Topliss-reactive ketones (excluding diaryl/α,β-unsaturated/α-hetero) is 1. The van der Waals surface area contributed by atoms with Crippen molar-refractivity contribution in [3.8, 4) is 0 Å². The Morgan fingerprint density at radius 2 is 1.94 bits per heavy atom. The summed E-state index contributed by atoms with van der Waals surface area (Å²) in [5.74, 6) is -0.227. The molecule has 1 aromatic carbocycles. The lowest BCUT2D eigenvalue weighted by atomic mass is 10.1. The Kier molecular flexibility index (Phi) is 4.19. The molecule has 1 fully saturated rings. The molecule has 2 amide bonds. The van der Waals surface area contributed by atoms with Crippen molar-refractivity contribution in [3.63, 3.8) is 0 Å². The maximum absolute atomic E-state index is 11.4. The molecule has 1 saturated heterocycles. The number of amides is 2. The van der Waals surface area contributed by atoms with Gasteiger partial charge in [-0.2, -0.15) is 0 Å². The average molecular weight is 328 g/mol. The fourth-order valence-corrected chi connectivity index (χ4v) is 2.83. The number of halogens is 1. The summed E-state index contributed by atoms with van der Waals surface area (Å²) in [6.45, 7) is 0. The molecule has 1 heterocycles. The largest absolute Gasteiger partial charge is 0.293 e. The van der Waals surface area contributed by atoms with Crippen molar-refractivity contribution >= 4 is 44.6 Å². The SMILES string of the molecule is O=C1NC(=O)C(Cc2ccc(C(=O)CBr)cc2)S1. The molecule has 18 heavy (non-hydrogen) atoms. The molecular weight excluding hydrogens is 318 g/mol. The van der Waals surface area contributed by atoms with Gasteiger partial charge in [0.25, 0.3) is 5.24 Å². The van der Waals surface area contributed by atoms with E-state index in [0.717, 1.165) is 17.3 Å². The van der Waals surface area contributed by atoms with Crippen molar-refractivity contribution < 1.29 is 14.4 Å².